The van der Waals surface area contributed by atoms with Crippen LogP contribution in [0.3, 0.4) is 0 Å². The van der Waals surface area contributed by atoms with E-state index in [1.165, 1.54) is 25.5 Å². The number of anilines is 1. The average Bonchev–Trinajstić information content (AvgIpc) is 3.48. The SMILES string of the molecule is Cc1ccc(C(=O)NC2CC2)cc1-n1ncc(C(=O)NC(C)C2CCCCC2)c1N. The molecular formula is C23H31N5O2. The Morgan fingerprint density at radius 3 is 2.57 bits per heavy atom. The van der Waals surface area contributed by atoms with E-state index in [1.54, 1.807) is 16.8 Å². The number of nitrogens with two attached hydrogens (primary N) is 1. The first-order chi connectivity index (χ1) is 14.4. The van der Waals surface area contributed by atoms with Crippen LogP contribution in [0.1, 0.15) is 78.1 Å². The maximum atomic E-state index is 12.8. The topological polar surface area (TPSA) is 102 Å². The van der Waals surface area contributed by atoms with E-state index in [1.807, 2.05) is 13.0 Å². The summed E-state index contributed by atoms with van der Waals surface area (Å²) in [7, 11) is 0. The van der Waals surface area contributed by atoms with Gasteiger partial charge in [0.1, 0.15) is 11.4 Å². The molecule has 1 aromatic carbocycles. The van der Waals surface area contributed by atoms with Gasteiger partial charge in [0.05, 0.1) is 11.9 Å². The van der Waals surface area contributed by atoms with Crippen LogP contribution in [0.4, 0.5) is 5.82 Å². The molecule has 0 aliphatic heterocycles. The van der Waals surface area contributed by atoms with Gasteiger partial charge in [0.25, 0.3) is 11.8 Å². The van der Waals surface area contributed by atoms with Gasteiger partial charge in [0.15, 0.2) is 0 Å². The quantitative estimate of drug-likeness (QED) is 0.681. The smallest absolute Gasteiger partial charge is 0.256 e. The first-order valence-corrected chi connectivity index (χ1v) is 11.0. The third-order valence-corrected chi connectivity index (χ3v) is 6.38. The molecule has 160 valence electrons. The van der Waals surface area contributed by atoms with Crippen LogP contribution in [0.5, 0.6) is 0 Å². The van der Waals surface area contributed by atoms with Crippen LogP contribution in [0.25, 0.3) is 5.69 Å². The van der Waals surface area contributed by atoms with Crippen LogP contribution >= 0.6 is 0 Å². The normalized spacial score (nSPS) is 18.1. The molecule has 2 fully saturated rings. The molecule has 7 nitrogen and oxygen atoms in total. The molecule has 0 saturated heterocycles. The van der Waals surface area contributed by atoms with Crippen molar-refractivity contribution in [2.24, 2.45) is 5.92 Å². The summed E-state index contributed by atoms with van der Waals surface area (Å²) in [4.78, 5) is 25.3. The van der Waals surface area contributed by atoms with Crippen LogP contribution in [0.2, 0.25) is 0 Å². The molecule has 30 heavy (non-hydrogen) atoms. The second-order valence-corrected chi connectivity index (χ2v) is 8.76. The van der Waals surface area contributed by atoms with Crippen LogP contribution in [-0.4, -0.2) is 33.7 Å². The summed E-state index contributed by atoms with van der Waals surface area (Å²) in [6.45, 7) is 4.00. The molecule has 2 aliphatic carbocycles. The number of aromatic nitrogens is 2. The Kier molecular flexibility index (Phi) is 5.79. The molecule has 4 N–H and O–H groups in total. The van der Waals surface area contributed by atoms with Gasteiger partial charge in [-0.05, 0) is 63.1 Å². The zero-order valence-electron chi connectivity index (χ0n) is 17.8. The number of carbonyl (C=O) groups is 2. The van der Waals surface area contributed by atoms with E-state index in [9.17, 15) is 9.59 Å². The van der Waals surface area contributed by atoms with Crippen molar-refractivity contribution in [3.8, 4) is 5.69 Å². The molecular weight excluding hydrogens is 378 g/mol. The fourth-order valence-corrected chi connectivity index (χ4v) is 4.24. The van der Waals surface area contributed by atoms with Crippen molar-refractivity contribution in [3.63, 3.8) is 0 Å². The molecule has 4 rings (SSSR count). The van der Waals surface area contributed by atoms with E-state index in [4.69, 9.17) is 5.73 Å². The van der Waals surface area contributed by atoms with Crippen molar-refractivity contribution in [2.75, 3.05) is 5.73 Å². The van der Waals surface area contributed by atoms with E-state index in [-0.39, 0.29) is 23.7 Å². The number of benzene rings is 1. The number of hydrogen-bond acceptors (Lipinski definition) is 4. The minimum absolute atomic E-state index is 0.0937. The van der Waals surface area contributed by atoms with Gasteiger partial charge < -0.3 is 16.4 Å². The van der Waals surface area contributed by atoms with Crippen molar-refractivity contribution in [3.05, 3.63) is 41.1 Å². The number of nitrogen functional groups attached to an aromatic ring is 1. The first kappa shape index (κ1) is 20.4. The molecule has 2 aromatic rings. The minimum atomic E-state index is -0.197. The first-order valence-electron chi connectivity index (χ1n) is 11.0. The summed E-state index contributed by atoms with van der Waals surface area (Å²) >= 11 is 0. The fourth-order valence-electron chi connectivity index (χ4n) is 4.24. The monoisotopic (exact) mass is 409 g/mol. The molecule has 1 aromatic heterocycles. The predicted octanol–water partition coefficient (Wildman–Crippen LogP) is 3.35. The van der Waals surface area contributed by atoms with Gasteiger partial charge in [-0.3, -0.25) is 9.59 Å². The van der Waals surface area contributed by atoms with Crippen LogP contribution in [0, 0.1) is 12.8 Å². The van der Waals surface area contributed by atoms with Crippen molar-refractivity contribution in [2.45, 2.75) is 70.9 Å². The summed E-state index contributed by atoms with van der Waals surface area (Å²) in [5.41, 5.74) is 8.88. The fraction of sp³-hybridized carbons (Fsp3) is 0.522. The van der Waals surface area contributed by atoms with E-state index in [0.29, 0.717) is 28.8 Å². The summed E-state index contributed by atoms with van der Waals surface area (Å²) in [6.07, 6.45) is 9.64. The van der Waals surface area contributed by atoms with Crippen molar-refractivity contribution < 1.29 is 9.59 Å². The van der Waals surface area contributed by atoms with E-state index >= 15 is 0 Å². The third kappa shape index (κ3) is 4.35. The lowest BCUT2D eigenvalue weighted by molar-refractivity contribution is 0.0918. The Labute approximate surface area is 177 Å². The highest BCUT2D eigenvalue weighted by Crippen LogP contribution is 2.27. The second kappa shape index (κ2) is 8.50. The Balaban J connectivity index is 1.52. The second-order valence-electron chi connectivity index (χ2n) is 8.76. The van der Waals surface area contributed by atoms with E-state index < -0.39 is 0 Å². The lowest BCUT2D eigenvalue weighted by atomic mass is 9.84. The van der Waals surface area contributed by atoms with E-state index in [0.717, 1.165) is 31.2 Å². The Morgan fingerprint density at radius 2 is 1.87 bits per heavy atom. The number of carbonyl (C=O) groups excluding carboxylic acids is 2. The lowest BCUT2D eigenvalue weighted by Crippen LogP contribution is -2.39. The largest absolute Gasteiger partial charge is 0.383 e. The Hall–Kier alpha value is -2.83. The number of nitrogens with zero attached hydrogens (tertiary/aromatic N) is 2. The van der Waals surface area contributed by atoms with Gasteiger partial charge in [-0.15, -0.1) is 0 Å². The standard InChI is InChI=1S/C23H31N5O2/c1-14-8-9-17(22(29)27-18-10-11-18)12-20(14)28-21(24)19(13-25-28)23(30)26-15(2)16-6-4-3-5-7-16/h8-9,12-13,15-16,18H,3-7,10-11,24H2,1-2H3,(H,26,30)(H,27,29). The minimum Gasteiger partial charge on any atom is -0.383 e. The van der Waals surface area contributed by atoms with Gasteiger partial charge in [-0.2, -0.15) is 5.10 Å². The van der Waals surface area contributed by atoms with Crippen molar-refractivity contribution >= 4 is 17.6 Å². The van der Waals surface area contributed by atoms with Crippen molar-refractivity contribution in [1.29, 1.82) is 0 Å². The summed E-state index contributed by atoms with van der Waals surface area (Å²) in [5.74, 6) is 0.509. The highest BCUT2D eigenvalue weighted by molar-refractivity contribution is 5.99. The number of nitrogens with one attached hydrogen (secondary N) is 2. The molecule has 0 spiro atoms. The molecule has 2 aliphatic rings. The molecule has 2 amide bonds. The van der Waals surface area contributed by atoms with Gasteiger partial charge in [-0.1, -0.05) is 25.3 Å². The zero-order chi connectivity index (χ0) is 21.3. The Morgan fingerprint density at radius 1 is 1.13 bits per heavy atom. The zero-order valence-corrected chi connectivity index (χ0v) is 17.8. The van der Waals surface area contributed by atoms with Crippen LogP contribution < -0.4 is 16.4 Å². The van der Waals surface area contributed by atoms with Crippen LogP contribution in [0.15, 0.2) is 24.4 Å². The summed E-state index contributed by atoms with van der Waals surface area (Å²) < 4.78 is 1.55. The maximum absolute atomic E-state index is 12.8. The average molecular weight is 410 g/mol. The molecule has 2 saturated carbocycles. The van der Waals surface area contributed by atoms with Gasteiger partial charge in [-0.25, -0.2) is 4.68 Å². The Bertz CT molecular complexity index is 941. The molecule has 7 heteroatoms. The van der Waals surface area contributed by atoms with E-state index in [2.05, 4.69) is 22.7 Å². The molecule has 0 radical (unpaired) electrons. The summed E-state index contributed by atoms with van der Waals surface area (Å²) in [5, 5.41) is 10.5. The van der Waals surface area contributed by atoms with Gasteiger partial charge in [0, 0.05) is 17.6 Å². The molecule has 0 bridgehead atoms. The highest BCUT2D eigenvalue weighted by Gasteiger charge is 2.26. The predicted molar refractivity (Wildman–Crippen MR) is 117 cm³/mol. The number of rotatable bonds is 6. The molecule has 1 unspecified atom stereocenters. The molecule has 1 atom stereocenters. The molecule has 1 heterocycles. The van der Waals surface area contributed by atoms with Crippen LogP contribution in [-0.2, 0) is 0 Å². The third-order valence-electron chi connectivity index (χ3n) is 6.38. The summed E-state index contributed by atoms with van der Waals surface area (Å²) in [6, 6.07) is 5.86. The number of aryl methyl sites for hydroxylation is 1. The lowest BCUT2D eigenvalue weighted by Gasteiger charge is -2.28. The van der Waals surface area contributed by atoms with Gasteiger partial charge in [0.2, 0.25) is 0 Å². The highest BCUT2D eigenvalue weighted by atomic mass is 16.2. The van der Waals surface area contributed by atoms with Crippen molar-refractivity contribution in [1.82, 2.24) is 20.4 Å². The number of hydrogen-bond donors (Lipinski definition) is 3. The number of amides is 2. The maximum Gasteiger partial charge on any atom is 0.256 e. The van der Waals surface area contributed by atoms with Gasteiger partial charge >= 0.3 is 0 Å².